The maximum Gasteiger partial charge on any atom is 0.220 e. The summed E-state index contributed by atoms with van der Waals surface area (Å²) in [5.74, 6) is 0.863. The maximum atomic E-state index is 13.0. The minimum absolute atomic E-state index is 0.0281. The maximum absolute atomic E-state index is 13.0. The number of benzene rings is 2. The summed E-state index contributed by atoms with van der Waals surface area (Å²) in [6.07, 6.45) is 5.14. The highest BCUT2D eigenvalue weighted by Crippen LogP contribution is 2.34. The van der Waals surface area contributed by atoms with E-state index in [0.717, 1.165) is 61.1 Å². The first kappa shape index (κ1) is 23.8. The molecule has 0 saturated carbocycles. The number of aldehydes is 1. The van der Waals surface area contributed by atoms with E-state index in [0.29, 0.717) is 37.7 Å². The van der Waals surface area contributed by atoms with Crippen LogP contribution in [0, 0.1) is 0 Å². The van der Waals surface area contributed by atoms with E-state index in [-0.39, 0.29) is 11.9 Å². The molecule has 1 N–H and O–H groups in total. The van der Waals surface area contributed by atoms with Crippen molar-refractivity contribution in [3.63, 3.8) is 0 Å². The van der Waals surface area contributed by atoms with Gasteiger partial charge in [0.05, 0.1) is 27.2 Å². The molecule has 184 valence electrons. The molecule has 35 heavy (non-hydrogen) atoms. The number of amides is 1. The smallest absolute Gasteiger partial charge is 0.220 e. The number of para-hydroxylation sites is 1. The molecule has 7 nitrogen and oxygen atoms in total. The van der Waals surface area contributed by atoms with Crippen molar-refractivity contribution in [1.29, 1.82) is 0 Å². The van der Waals surface area contributed by atoms with Crippen molar-refractivity contribution in [2.75, 3.05) is 32.8 Å². The van der Waals surface area contributed by atoms with Crippen LogP contribution in [0.15, 0.2) is 42.5 Å². The fourth-order valence-corrected chi connectivity index (χ4v) is 5.88. The molecule has 8 heteroatoms. The number of nitrogens with zero attached hydrogens (tertiary/aromatic N) is 2. The van der Waals surface area contributed by atoms with E-state index in [1.807, 2.05) is 36.4 Å². The second-order valence-electron chi connectivity index (χ2n) is 9.18. The summed E-state index contributed by atoms with van der Waals surface area (Å²) in [5, 5.41) is 4.24. The fourth-order valence-electron chi connectivity index (χ4n) is 4.87. The van der Waals surface area contributed by atoms with Gasteiger partial charge in [-0.1, -0.05) is 18.2 Å². The minimum Gasteiger partial charge on any atom is -0.486 e. The zero-order valence-electron chi connectivity index (χ0n) is 19.8. The molecular formula is C27H31N3O4S. The Morgan fingerprint density at radius 2 is 1.91 bits per heavy atom. The first-order valence-corrected chi connectivity index (χ1v) is 13.2. The molecule has 2 aliphatic heterocycles. The van der Waals surface area contributed by atoms with Crippen molar-refractivity contribution < 1.29 is 19.1 Å². The fraction of sp³-hybridized carbons (Fsp3) is 0.444. The average Bonchev–Trinajstić information content (AvgIpc) is 3.54. The summed E-state index contributed by atoms with van der Waals surface area (Å²) in [6, 6.07) is 13.4. The van der Waals surface area contributed by atoms with Crippen LogP contribution in [0.25, 0.3) is 10.2 Å². The monoisotopic (exact) mass is 493 g/mol. The molecule has 2 atom stereocenters. The summed E-state index contributed by atoms with van der Waals surface area (Å²) in [6.45, 7) is 3.66. The van der Waals surface area contributed by atoms with Crippen molar-refractivity contribution in [3.05, 3.63) is 53.0 Å². The van der Waals surface area contributed by atoms with E-state index in [2.05, 4.69) is 21.3 Å². The Morgan fingerprint density at radius 3 is 2.71 bits per heavy atom. The van der Waals surface area contributed by atoms with Crippen LogP contribution in [0.3, 0.4) is 0 Å². The van der Waals surface area contributed by atoms with Crippen molar-refractivity contribution in [2.24, 2.45) is 0 Å². The summed E-state index contributed by atoms with van der Waals surface area (Å²) in [4.78, 5) is 32.3. The molecule has 2 unspecified atom stereocenters. The zero-order chi connectivity index (χ0) is 24.0. The van der Waals surface area contributed by atoms with Crippen molar-refractivity contribution in [3.8, 4) is 11.5 Å². The molecule has 0 aliphatic carbocycles. The number of rotatable bonds is 10. The van der Waals surface area contributed by atoms with Crippen LogP contribution < -0.4 is 14.8 Å². The molecule has 0 radical (unpaired) electrons. The number of fused-ring (bicyclic) bond motifs is 2. The number of likely N-dealkylation sites (tertiary alicyclic amines) is 1. The SMILES string of the molecule is O=CC(c1ccc2c(c1)OCCO2)C(CN1CCCC1)NC(=O)CCCc1nc2ccccc2s1. The number of ether oxygens (including phenoxy) is 2. The lowest BCUT2D eigenvalue weighted by Gasteiger charge is -2.29. The standard InChI is InChI=1S/C27H31N3O4S/c31-18-20(19-10-11-23-24(16-19)34-15-14-33-23)22(17-30-12-3-4-13-30)28-26(32)8-5-9-27-29-21-6-1-2-7-25(21)35-27/h1-2,6-7,10-11,16,18,20,22H,3-5,8-9,12-15,17H2,(H,28,32). The van der Waals surface area contributed by atoms with E-state index in [1.165, 1.54) is 4.70 Å². The van der Waals surface area contributed by atoms with Gasteiger partial charge in [-0.2, -0.15) is 0 Å². The van der Waals surface area contributed by atoms with E-state index in [4.69, 9.17) is 9.47 Å². The molecule has 1 amide bonds. The van der Waals surface area contributed by atoms with Gasteiger partial charge >= 0.3 is 0 Å². The molecular weight excluding hydrogens is 462 g/mol. The van der Waals surface area contributed by atoms with Gasteiger partial charge in [-0.25, -0.2) is 4.98 Å². The van der Waals surface area contributed by atoms with Crippen LogP contribution in [0.1, 0.15) is 42.2 Å². The van der Waals surface area contributed by atoms with Crippen molar-refractivity contribution in [2.45, 2.75) is 44.1 Å². The van der Waals surface area contributed by atoms with E-state index >= 15 is 0 Å². The van der Waals surface area contributed by atoms with Gasteiger partial charge in [0, 0.05) is 13.0 Å². The second-order valence-corrected chi connectivity index (χ2v) is 10.3. The van der Waals surface area contributed by atoms with Gasteiger partial charge in [0.2, 0.25) is 5.91 Å². The number of hydrogen-bond acceptors (Lipinski definition) is 7. The number of nitrogens with one attached hydrogen (secondary N) is 1. The molecule has 0 bridgehead atoms. The highest BCUT2D eigenvalue weighted by Gasteiger charge is 2.29. The van der Waals surface area contributed by atoms with Gasteiger partial charge in [-0.3, -0.25) is 4.79 Å². The van der Waals surface area contributed by atoms with Crippen LogP contribution in [0.4, 0.5) is 0 Å². The molecule has 2 aliphatic rings. The van der Waals surface area contributed by atoms with Crippen LogP contribution in [0.5, 0.6) is 11.5 Å². The molecule has 0 spiro atoms. The summed E-state index contributed by atoms with van der Waals surface area (Å²) >= 11 is 1.68. The normalized spacial score (nSPS) is 17.3. The number of hydrogen-bond donors (Lipinski definition) is 1. The molecule has 1 fully saturated rings. The Labute approximate surface area is 209 Å². The zero-order valence-corrected chi connectivity index (χ0v) is 20.6. The minimum atomic E-state index is -0.459. The Balaban J connectivity index is 1.24. The predicted molar refractivity (Wildman–Crippen MR) is 136 cm³/mol. The largest absolute Gasteiger partial charge is 0.486 e. The van der Waals surface area contributed by atoms with Gasteiger partial charge < -0.3 is 24.5 Å². The lowest BCUT2D eigenvalue weighted by Crippen LogP contribution is -2.47. The van der Waals surface area contributed by atoms with E-state index in [1.54, 1.807) is 11.3 Å². The third-order valence-corrected chi connectivity index (χ3v) is 7.76. The van der Waals surface area contributed by atoms with Gasteiger partial charge in [-0.15, -0.1) is 11.3 Å². The highest BCUT2D eigenvalue weighted by molar-refractivity contribution is 7.18. The molecule has 1 saturated heterocycles. The quantitative estimate of drug-likeness (QED) is 0.431. The van der Waals surface area contributed by atoms with E-state index < -0.39 is 5.92 Å². The summed E-state index contributed by atoms with van der Waals surface area (Å²) < 4.78 is 12.5. The predicted octanol–water partition coefficient (Wildman–Crippen LogP) is 3.95. The number of thiazole rings is 1. The molecule has 3 aromatic rings. The topological polar surface area (TPSA) is 80.8 Å². The van der Waals surface area contributed by atoms with Gasteiger partial charge in [0.1, 0.15) is 19.5 Å². The molecule has 1 aromatic heterocycles. The molecule has 3 heterocycles. The lowest BCUT2D eigenvalue weighted by atomic mass is 9.91. The third-order valence-electron chi connectivity index (χ3n) is 6.66. The van der Waals surface area contributed by atoms with Crippen molar-refractivity contribution in [1.82, 2.24) is 15.2 Å². The van der Waals surface area contributed by atoms with E-state index in [9.17, 15) is 9.59 Å². The highest BCUT2D eigenvalue weighted by atomic mass is 32.1. The van der Waals surface area contributed by atoms with Crippen LogP contribution >= 0.6 is 11.3 Å². The van der Waals surface area contributed by atoms with Crippen LogP contribution in [-0.2, 0) is 16.0 Å². The van der Waals surface area contributed by atoms with Crippen LogP contribution in [-0.4, -0.2) is 61.0 Å². The Hall–Kier alpha value is -2.97. The molecule has 2 aromatic carbocycles. The van der Waals surface area contributed by atoms with Gasteiger partial charge in [0.25, 0.3) is 0 Å². The van der Waals surface area contributed by atoms with Gasteiger partial charge in [-0.05, 0) is 68.6 Å². The third kappa shape index (κ3) is 5.82. The number of aryl methyl sites for hydroxylation is 1. The van der Waals surface area contributed by atoms with Gasteiger partial charge in [0.15, 0.2) is 11.5 Å². The number of carbonyl (C=O) groups excluding carboxylic acids is 2. The summed E-state index contributed by atoms with van der Waals surface area (Å²) in [7, 11) is 0. The molecule has 5 rings (SSSR count). The number of carbonyl (C=O) groups is 2. The second kappa shape index (κ2) is 11.2. The number of aromatic nitrogens is 1. The summed E-state index contributed by atoms with van der Waals surface area (Å²) in [5.41, 5.74) is 1.85. The van der Waals surface area contributed by atoms with Crippen molar-refractivity contribution >= 4 is 33.7 Å². The Bertz CT molecular complexity index is 1140. The Morgan fingerprint density at radius 1 is 1.11 bits per heavy atom. The first-order chi connectivity index (χ1) is 17.2. The van der Waals surface area contributed by atoms with Crippen LogP contribution in [0.2, 0.25) is 0 Å². The first-order valence-electron chi connectivity index (χ1n) is 12.4. The Kier molecular flexibility index (Phi) is 7.59. The lowest BCUT2D eigenvalue weighted by molar-refractivity contribution is -0.122. The average molecular weight is 494 g/mol.